The molecule has 0 unspecified atom stereocenters. The predicted octanol–water partition coefficient (Wildman–Crippen LogP) is 2.70. The van der Waals surface area contributed by atoms with Crippen molar-refractivity contribution in [2.45, 2.75) is 31.5 Å². The zero-order valence-electron chi connectivity index (χ0n) is 13.9. The maximum Gasteiger partial charge on any atom is 0.286 e. The van der Waals surface area contributed by atoms with Crippen LogP contribution < -0.4 is 5.32 Å². The summed E-state index contributed by atoms with van der Waals surface area (Å²) < 4.78 is 12.4. The third-order valence-electron chi connectivity index (χ3n) is 3.79. The number of hydrogen-bond donors (Lipinski definition) is 2. The number of benzene rings is 1. The highest BCUT2D eigenvalue weighted by Crippen LogP contribution is 2.32. The number of amides is 1. The fourth-order valence-electron chi connectivity index (χ4n) is 2.51. The molecule has 1 aromatic carbocycles. The molecule has 2 N–H and O–H groups in total. The first kappa shape index (κ1) is 19.5. The van der Waals surface area contributed by atoms with Crippen LogP contribution in [0.1, 0.15) is 30.7 Å². The zero-order chi connectivity index (χ0) is 18.1. The first-order valence-corrected chi connectivity index (χ1v) is 9.01. The molecule has 2 rings (SSSR count). The predicted molar refractivity (Wildman–Crippen MR) is 98.6 cm³/mol. The van der Waals surface area contributed by atoms with Gasteiger partial charge >= 0.3 is 0 Å². The van der Waals surface area contributed by atoms with Gasteiger partial charge < -0.3 is 19.9 Å². The Morgan fingerprint density at radius 1 is 1.40 bits per heavy atom. The second-order valence-electron chi connectivity index (χ2n) is 5.66. The molecule has 0 aromatic heterocycles. The lowest BCUT2D eigenvalue weighted by Crippen LogP contribution is -2.33. The van der Waals surface area contributed by atoms with Gasteiger partial charge in [0, 0.05) is 23.4 Å². The number of nitrogens with one attached hydrogen (secondary N) is 1. The first-order valence-electron chi connectivity index (χ1n) is 8.22. The zero-order valence-corrected chi connectivity index (χ0v) is 15.5. The van der Waals surface area contributed by atoms with Crippen LogP contribution in [0.3, 0.4) is 0 Å². The van der Waals surface area contributed by atoms with Crippen LogP contribution in [0, 0.1) is 12.3 Å². The molecule has 6 heteroatoms. The van der Waals surface area contributed by atoms with Crippen LogP contribution in [0.25, 0.3) is 0 Å². The molecule has 0 bridgehead atoms. The third kappa shape index (κ3) is 6.20. The van der Waals surface area contributed by atoms with Gasteiger partial charge in [0.05, 0.1) is 13.2 Å². The second kappa shape index (κ2) is 10.2. The number of carbonyl (C=O) groups excluding carboxylic acids is 1. The molecule has 0 saturated carbocycles. The van der Waals surface area contributed by atoms with Crippen LogP contribution in [0.2, 0.25) is 0 Å². The minimum absolute atomic E-state index is 0.0104. The lowest BCUT2D eigenvalue weighted by molar-refractivity contribution is -0.146. The van der Waals surface area contributed by atoms with Gasteiger partial charge in [-0.15, -0.1) is 6.42 Å². The number of rotatable bonds is 8. The summed E-state index contributed by atoms with van der Waals surface area (Å²) in [7, 11) is 0. The number of ether oxygens (including phenoxy) is 2. The molecule has 1 heterocycles. The lowest BCUT2D eigenvalue weighted by Gasteiger charge is -2.29. The molecular formula is C19H22BrNO4. The highest BCUT2D eigenvalue weighted by Gasteiger charge is 2.28. The van der Waals surface area contributed by atoms with Crippen molar-refractivity contribution < 1.29 is 19.4 Å². The molecular weight excluding hydrogens is 386 g/mol. The van der Waals surface area contributed by atoms with Crippen LogP contribution in [0.15, 0.2) is 40.6 Å². The van der Waals surface area contributed by atoms with E-state index in [1.165, 1.54) is 0 Å². The van der Waals surface area contributed by atoms with E-state index in [1.807, 2.05) is 30.3 Å². The van der Waals surface area contributed by atoms with Gasteiger partial charge in [-0.3, -0.25) is 4.79 Å². The Morgan fingerprint density at radius 3 is 2.84 bits per heavy atom. The Labute approximate surface area is 156 Å². The van der Waals surface area contributed by atoms with E-state index in [4.69, 9.17) is 21.0 Å². The highest BCUT2D eigenvalue weighted by atomic mass is 79.9. The van der Waals surface area contributed by atoms with E-state index in [2.05, 4.69) is 27.2 Å². The summed E-state index contributed by atoms with van der Waals surface area (Å²) in [6, 6.07) is 7.95. The van der Waals surface area contributed by atoms with E-state index >= 15 is 0 Å². The maximum absolute atomic E-state index is 12.2. The first-order chi connectivity index (χ1) is 12.1. The molecule has 0 fully saturated rings. The van der Waals surface area contributed by atoms with Crippen LogP contribution in [0.4, 0.5) is 0 Å². The molecule has 5 nitrogen and oxygen atoms in total. The number of allylic oxidation sites excluding steroid dienone is 1. The van der Waals surface area contributed by atoms with Crippen molar-refractivity contribution in [3.63, 3.8) is 0 Å². The van der Waals surface area contributed by atoms with Crippen LogP contribution in [-0.4, -0.2) is 37.1 Å². The standard InChI is InChI=1S/C19H22BrNO4/c1-2-9-21-19(23)17-12-15(14-5-7-16(20)8-6-14)13-18(25-17)24-11-4-3-10-22/h1,5-8,12,15,18,22H,3-4,9-11,13H2,(H,21,23)/t15-,18+/m1/s1. The molecule has 0 radical (unpaired) electrons. The minimum atomic E-state index is -0.510. The fourth-order valence-corrected chi connectivity index (χ4v) is 2.77. The molecule has 1 aromatic rings. The Hall–Kier alpha value is -1.81. The summed E-state index contributed by atoms with van der Waals surface area (Å²) in [5.74, 6) is 2.26. The molecule has 1 aliphatic heterocycles. The molecule has 0 spiro atoms. The summed E-state index contributed by atoms with van der Waals surface area (Å²) in [4.78, 5) is 12.2. The highest BCUT2D eigenvalue weighted by molar-refractivity contribution is 9.10. The van der Waals surface area contributed by atoms with Crippen LogP contribution >= 0.6 is 15.9 Å². The molecule has 25 heavy (non-hydrogen) atoms. The number of unbranched alkanes of at least 4 members (excludes halogenated alkanes) is 1. The second-order valence-corrected chi connectivity index (χ2v) is 6.58. The summed E-state index contributed by atoms with van der Waals surface area (Å²) >= 11 is 3.43. The van der Waals surface area contributed by atoms with Crippen molar-refractivity contribution in [3.8, 4) is 12.3 Å². The van der Waals surface area contributed by atoms with E-state index in [-0.39, 0.29) is 30.7 Å². The van der Waals surface area contributed by atoms with Crippen molar-refractivity contribution in [3.05, 3.63) is 46.1 Å². The molecule has 0 aliphatic carbocycles. The Bertz CT molecular complexity index is 636. The molecule has 1 amide bonds. The third-order valence-corrected chi connectivity index (χ3v) is 4.32. The van der Waals surface area contributed by atoms with E-state index < -0.39 is 6.29 Å². The summed E-state index contributed by atoms with van der Waals surface area (Å²) in [5, 5.41) is 11.5. The smallest absolute Gasteiger partial charge is 0.286 e. The lowest BCUT2D eigenvalue weighted by atomic mass is 9.93. The minimum Gasteiger partial charge on any atom is -0.459 e. The van der Waals surface area contributed by atoms with E-state index in [0.717, 1.165) is 16.5 Å². The van der Waals surface area contributed by atoms with E-state index in [0.29, 0.717) is 19.4 Å². The van der Waals surface area contributed by atoms with Crippen LogP contribution in [-0.2, 0) is 14.3 Å². The number of terminal acetylenes is 1. The van der Waals surface area contributed by atoms with Gasteiger partial charge in [-0.25, -0.2) is 0 Å². The Morgan fingerprint density at radius 2 is 2.16 bits per heavy atom. The van der Waals surface area contributed by atoms with Crippen LogP contribution in [0.5, 0.6) is 0 Å². The monoisotopic (exact) mass is 407 g/mol. The molecule has 134 valence electrons. The van der Waals surface area contributed by atoms with E-state index in [9.17, 15) is 4.79 Å². The van der Waals surface area contributed by atoms with Crippen molar-refractivity contribution in [2.75, 3.05) is 19.8 Å². The maximum atomic E-state index is 12.2. The van der Waals surface area contributed by atoms with Crippen molar-refractivity contribution in [1.29, 1.82) is 0 Å². The number of hydrogen-bond acceptors (Lipinski definition) is 4. The van der Waals surface area contributed by atoms with Gasteiger partial charge in [-0.2, -0.15) is 0 Å². The Balaban J connectivity index is 2.10. The topological polar surface area (TPSA) is 67.8 Å². The fraction of sp³-hybridized carbons (Fsp3) is 0.421. The normalized spacial score (nSPS) is 19.5. The number of aliphatic hydroxyl groups is 1. The molecule has 0 saturated heterocycles. The van der Waals surface area contributed by atoms with Gasteiger partial charge in [-0.1, -0.05) is 34.0 Å². The molecule has 1 aliphatic rings. The average molecular weight is 408 g/mol. The largest absolute Gasteiger partial charge is 0.459 e. The average Bonchev–Trinajstić information content (AvgIpc) is 2.63. The molecule has 2 atom stereocenters. The quantitative estimate of drug-likeness (QED) is 0.513. The van der Waals surface area contributed by atoms with Crippen molar-refractivity contribution in [1.82, 2.24) is 5.32 Å². The van der Waals surface area contributed by atoms with Crippen molar-refractivity contribution in [2.24, 2.45) is 0 Å². The van der Waals surface area contributed by atoms with E-state index in [1.54, 1.807) is 0 Å². The van der Waals surface area contributed by atoms with Gasteiger partial charge in [0.25, 0.3) is 5.91 Å². The van der Waals surface area contributed by atoms with Crippen molar-refractivity contribution >= 4 is 21.8 Å². The van der Waals surface area contributed by atoms with Gasteiger partial charge in [0.1, 0.15) is 0 Å². The summed E-state index contributed by atoms with van der Waals surface area (Å²) in [5.41, 5.74) is 1.08. The number of aliphatic hydroxyl groups excluding tert-OH is 1. The number of halogens is 1. The summed E-state index contributed by atoms with van der Waals surface area (Å²) in [6.45, 7) is 0.748. The SMILES string of the molecule is C#CCNC(=O)C1=C[C@@H](c2ccc(Br)cc2)C[C@@H](OCCCCO)O1. The van der Waals surface area contributed by atoms with Gasteiger partial charge in [-0.05, 0) is 36.6 Å². The Kier molecular flexibility index (Phi) is 7.99. The number of carbonyl (C=O) groups is 1. The van der Waals surface area contributed by atoms with Gasteiger partial charge in [0.15, 0.2) is 5.76 Å². The summed E-state index contributed by atoms with van der Waals surface area (Å²) in [6.07, 6.45) is 8.51. The van der Waals surface area contributed by atoms with Gasteiger partial charge in [0.2, 0.25) is 6.29 Å².